The Morgan fingerprint density at radius 3 is 2.43 bits per heavy atom. The number of aryl methyl sites for hydroxylation is 1. The number of carbonyl (C=O) groups excluding carboxylic acids is 2. The quantitative estimate of drug-likeness (QED) is 0.422. The molecule has 0 bridgehead atoms. The molecule has 35 heavy (non-hydrogen) atoms. The lowest BCUT2D eigenvalue weighted by atomic mass is 10.1. The van der Waals surface area contributed by atoms with Gasteiger partial charge >= 0.3 is 0 Å². The van der Waals surface area contributed by atoms with E-state index in [9.17, 15) is 18.0 Å². The first-order chi connectivity index (χ1) is 16.6. The summed E-state index contributed by atoms with van der Waals surface area (Å²) in [6.07, 6.45) is 2.82. The number of hydrogen-bond acceptors (Lipinski definition) is 5. The first-order valence-electron chi connectivity index (χ1n) is 11.9. The van der Waals surface area contributed by atoms with Crippen LogP contribution >= 0.6 is 0 Å². The molecule has 0 heterocycles. The molecule has 9 heteroatoms. The van der Waals surface area contributed by atoms with Crippen molar-refractivity contribution < 1.29 is 22.7 Å². The van der Waals surface area contributed by atoms with Crippen LogP contribution in [0.3, 0.4) is 0 Å². The van der Waals surface area contributed by atoms with E-state index in [0.717, 1.165) is 34.5 Å². The van der Waals surface area contributed by atoms with Gasteiger partial charge in [0.15, 0.2) is 0 Å². The van der Waals surface area contributed by atoms with Crippen LogP contribution in [0.5, 0.6) is 5.75 Å². The summed E-state index contributed by atoms with van der Waals surface area (Å²) < 4.78 is 32.1. The van der Waals surface area contributed by atoms with Crippen molar-refractivity contribution in [2.45, 2.75) is 53.1 Å². The molecule has 2 aromatic rings. The van der Waals surface area contributed by atoms with Crippen LogP contribution in [-0.2, 0) is 26.2 Å². The molecule has 0 unspecified atom stereocenters. The summed E-state index contributed by atoms with van der Waals surface area (Å²) in [6.45, 7) is 8.02. The smallest absolute Gasteiger partial charge is 0.244 e. The number of amides is 2. The van der Waals surface area contributed by atoms with E-state index in [0.29, 0.717) is 18.9 Å². The van der Waals surface area contributed by atoms with Crippen molar-refractivity contribution in [2.24, 2.45) is 0 Å². The van der Waals surface area contributed by atoms with Crippen LogP contribution in [0, 0.1) is 6.92 Å². The lowest BCUT2D eigenvalue weighted by molar-refractivity contribution is -0.139. The summed E-state index contributed by atoms with van der Waals surface area (Å²) in [7, 11) is -3.83. The Balaban J connectivity index is 2.39. The molecule has 0 aromatic heterocycles. The van der Waals surface area contributed by atoms with Crippen molar-refractivity contribution in [1.82, 2.24) is 10.2 Å². The van der Waals surface area contributed by atoms with Crippen LogP contribution in [0.1, 0.15) is 44.7 Å². The van der Waals surface area contributed by atoms with Gasteiger partial charge in [0.2, 0.25) is 21.8 Å². The first kappa shape index (κ1) is 28.2. The molecule has 0 radical (unpaired) electrons. The Morgan fingerprint density at radius 2 is 1.80 bits per heavy atom. The number of anilines is 1. The number of nitrogens with zero attached hydrogens (tertiary/aromatic N) is 2. The van der Waals surface area contributed by atoms with Crippen LogP contribution in [0.4, 0.5) is 5.69 Å². The van der Waals surface area contributed by atoms with Gasteiger partial charge in [-0.25, -0.2) is 8.42 Å². The van der Waals surface area contributed by atoms with Crippen molar-refractivity contribution in [1.29, 1.82) is 0 Å². The maximum Gasteiger partial charge on any atom is 0.244 e. The van der Waals surface area contributed by atoms with E-state index in [-0.39, 0.29) is 18.1 Å². The summed E-state index contributed by atoms with van der Waals surface area (Å²) in [5.41, 5.74) is 2.16. The molecular formula is C26H37N3O5S. The second kappa shape index (κ2) is 13.1. The van der Waals surface area contributed by atoms with Gasteiger partial charge in [-0.1, -0.05) is 55.3 Å². The topological polar surface area (TPSA) is 96.0 Å². The molecule has 2 amide bonds. The Hall–Kier alpha value is -3.07. The number of benzene rings is 2. The van der Waals surface area contributed by atoms with Gasteiger partial charge in [-0.05, 0) is 44.9 Å². The molecule has 0 spiro atoms. The Morgan fingerprint density at radius 1 is 1.09 bits per heavy atom. The van der Waals surface area contributed by atoms with Crippen LogP contribution in [0.25, 0.3) is 0 Å². The zero-order chi connectivity index (χ0) is 26.0. The van der Waals surface area contributed by atoms with E-state index < -0.39 is 28.5 Å². The minimum absolute atomic E-state index is 0.174. The molecule has 0 aliphatic heterocycles. The highest BCUT2D eigenvalue weighted by Crippen LogP contribution is 2.30. The third-order valence-corrected chi connectivity index (χ3v) is 6.67. The summed E-state index contributed by atoms with van der Waals surface area (Å²) in [6, 6.07) is 13.6. The lowest BCUT2D eigenvalue weighted by Crippen LogP contribution is -2.51. The molecular weight excluding hydrogens is 466 g/mol. The minimum Gasteiger partial charge on any atom is -0.492 e. The Labute approximate surface area is 209 Å². The molecule has 0 aliphatic rings. The van der Waals surface area contributed by atoms with Crippen LogP contribution in [0.15, 0.2) is 48.5 Å². The number of nitrogens with one attached hydrogen (secondary N) is 1. The van der Waals surface area contributed by atoms with Crippen molar-refractivity contribution in [3.05, 3.63) is 59.7 Å². The Kier molecular flexibility index (Phi) is 10.6. The molecule has 0 saturated carbocycles. The largest absolute Gasteiger partial charge is 0.492 e. The average molecular weight is 504 g/mol. The Bertz CT molecular complexity index is 1100. The highest BCUT2D eigenvalue weighted by atomic mass is 32.2. The summed E-state index contributed by atoms with van der Waals surface area (Å²) >= 11 is 0. The molecule has 8 nitrogen and oxygen atoms in total. The normalized spacial score (nSPS) is 12.0. The van der Waals surface area contributed by atoms with Gasteiger partial charge in [-0.2, -0.15) is 0 Å². The van der Waals surface area contributed by atoms with Gasteiger partial charge < -0.3 is 15.0 Å². The maximum absolute atomic E-state index is 13.6. The van der Waals surface area contributed by atoms with Crippen molar-refractivity contribution in [3.63, 3.8) is 0 Å². The standard InChI is InChI=1S/C26H37N3O5S/c1-6-8-16-27-26(31)21(4)28(18-22-13-11-12-20(3)17-22)25(30)19-29(35(5,32)33)23-14-9-10-15-24(23)34-7-2/h9-15,17,21H,6-8,16,18-19H2,1-5H3,(H,27,31)/t21-/m0/s1. The molecule has 192 valence electrons. The predicted octanol–water partition coefficient (Wildman–Crippen LogP) is 3.49. The third-order valence-electron chi connectivity index (χ3n) is 5.55. The second-order valence-electron chi connectivity index (χ2n) is 8.50. The lowest BCUT2D eigenvalue weighted by Gasteiger charge is -2.32. The van der Waals surface area contributed by atoms with Gasteiger partial charge in [0.25, 0.3) is 0 Å². The van der Waals surface area contributed by atoms with Gasteiger partial charge in [0.1, 0.15) is 18.3 Å². The number of hydrogen-bond donors (Lipinski definition) is 1. The van der Waals surface area contributed by atoms with Gasteiger partial charge in [0.05, 0.1) is 18.6 Å². The van der Waals surface area contributed by atoms with Gasteiger partial charge in [-0.15, -0.1) is 0 Å². The van der Waals surface area contributed by atoms with E-state index in [4.69, 9.17) is 4.74 Å². The minimum atomic E-state index is -3.83. The van der Waals surface area contributed by atoms with E-state index in [1.807, 2.05) is 38.1 Å². The molecule has 0 fully saturated rings. The van der Waals surface area contributed by atoms with Gasteiger partial charge in [0, 0.05) is 13.1 Å². The highest BCUT2D eigenvalue weighted by molar-refractivity contribution is 7.92. The average Bonchev–Trinajstić information content (AvgIpc) is 2.80. The fraction of sp³-hybridized carbons (Fsp3) is 0.462. The molecule has 0 saturated heterocycles. The van der Waals surface area contributed by atoms with E-state index in [2.05, 4.69) is 5.32 Å². The maximum atomic E-state index is 13.6. The number of carbonyl (C=O) groups is 2. The van der Waals surface area contributed by atoms with Crippen molar-refractivity contribution in [3.8, 4) is 5.75 Å². The molecule has 1 atom stereocenters. The van der Waals surface area contributed by atoms with Crippen LogP contribution in [0.2, 0.25) is 0 Å². The summed E-state index contributed by atoms with van der Waals surface area (Å²) in [4.78, 5) is 27.9. The second-order valence-corrected chi connectivity index (χ2v) is 10.4. The number of rotatable bonds is 13. The number of para-hydroxylation sites is 2. The number of unbranched alkanes of at least 4 members (excludes halogenated alkanes) is 1. The summed E-state index contributed by atoms with van der Waals surface area (Å²) in [5.74, 6) is -0.398. The van der Waals surface area contributed by atoms with E-state index in [1.165, 1.54) is 4.90 Å². The zero-order valence-electron chi connectivity index (χ0n) is 21.3. The SMILES string of the molecule is CCCCNC(=O)[C@H](C)N(Cc1cccc(C)c1)C(=O)CN(c1ccccc1OCC)S(C)(=O)=O. The summed E-state index contributed by atoms with van der Waals surface area (Å²) in [5, 5.41) is 2.87. The van der Waals surface area contributed by atoms with Crippen LogP contribution in [-0.4, -0.2) is 57.1 Å². The molecule has 1 N–H and O–H groups in total. The van der Waals surface area contributed by atoms with Gasteiger partial charge in [-0.3, -0.25) is 13.9 Å². The zero-order valence-corrected chi connectivity index (χ0v) is 22.1. The van der Waals surface area contributed by atoms with Crippen molar-refractivity contribution in [2.75, 3.05) is 30.3 Å². The number of ether oxygens (including phenoxy) is 1. The molecule has 2 rings (SSSR count). The fourth-order valence-corrected chi connectivity index (χ4v) is 4.51. The van der Waals surface area contributed by atoms with E-state index >= 15 is 0 Å². The van der Waals surface area contributed by atoms with E-state index in [1.54, 1.807) is 38.1 Å². The number of sulfonamides is 1. The molecule has 2 aromatic carbocycles. The van der Waals surface area contributed by atoms with Crippen LogP contribution < -0.4 is 14.4 Å². The molecule has 0 aliphatic carbocycles. The fourth-order valence-electron chi connectivity index (χ4n) is 3.66. The highest BCUT2D eigenvalue weighted by Gasteiger charge is 2.31. The predicted molar refractivity (Wildman–Crippen MR) is 139 cm³/mol. The first-order valence-corrected chi connectivity index (χ1v) is 13.8. The monoisotopic (exact) mass is 503 g/mol. The van der Waals surface area contributed by atoms with Crippen molar-refractivity contribution >= 4 is 27.5 Å². The third kappa shape index (κ3) is 8.28.